The van der Waals surface area contributed by atoms with Crippen molar-refractivity contribution in [3.8, 4) is 23.2 Å². The van der Waals surface area contributed by atoms with E-state index in [2.05, 4.69) is 42.9 Å². The normalized spacial score (nSPS) is 10.8. The van der Waals surface area contributed by atoms with Crippen LogP contribution in [0.25, 0.3) is 10.2 Å². The van der Waals surface area contributed by atoms with Crippen LogP contribution in [0.5, 0.6) is 5.75 Å². The molecule has 2 aromatic carbocycles. The molecule has 0 aliphatic carbocycles. The second-order valence-electron chi connectivity index (χ2n) is 10.7. The van der Waals surface area contributed by atoms with Gasteiger partial charge in [-0.1, -0.05) is 24.0 Å². The van der Waals surface area contributed by atoms with Gasteiger partial charge in [-0.05, 0) is 44.4 Å². The number of thiazole rings is 2. The van der Waals surface area contributed by atoms with Crippen molar-refractivity contribution in [3.63, 3.8) is 0 Å². The van der Waals surface area contributed by atoms with Gasteiger partial charge in [-0.25, -0.2) is 4.39 Å². The number of aromatic carboxylic acids is 1. The van der Waals surface area contributed by atoms with Crippen LogP contribution in [0.2, 0.25) is 0 Å². The quantitative estimate of drug-likeness (QED) is 0.0737. The summed E-state index contributed by atoms with van der Waals surface area (Å²) in [5, 5.41) is 23.1. The number of para-hydroxylation sites is 1. The average molecular weight is 704 g/mol. The van der Waals surface area contributed by atoms with Crippen molar-refractivity contribution in [3.05, 3.63) is 76.0 Å². The number of anilines is 4. The Hall–Kier alpha value is -4.63. The van der Waals surface area contributed by atoms with Gasteiger partial charge in [0.25, 0.3) is 0 Å². The number of rotatable bonds is 13. The number of hydrogen-bond donors (Lipinski definition) is 2. The second kappa shape index (κ2) is 16.5. The Labute approximate surface area is 286 Å². The summed E-state index contributed by atoms with van der Waals surface area (Å²) in [7, 11) is 3.57. The van der Waals surface area contributed by atoms with Crippen LogP contribution in [0, 0.1) is 30.2 Å². The molecule has 0 bridgehead atoms. The molecule has 0 unspecified atom stereocenters. The first-order chi connectivity index (χ1) is 23.2. The van der Waals surface area contributed by atoms with Crippen LogP contribution in [0.1, 0.15) is 39.3 Å². The molecule has 0 saturated carbocycles. The van der Waals surface area contributed by atoms with Crippen molar-refractivity contribution in [1.29, 1.82) is 0 Å². The van der Waals surface area contributed by atoms with Crippen LogP contribution in [0.15, 0.2) is 48.5 Å². The summed E-state index contributed by atoms with van der Waals surface area (Å²) in [5.41, 5.74) is 4.86. The predicted molar refractivity (Wildman–Crippen MR) is 188 cm³/mol. The molecule has 0 aliphatic rings. The maximum atomic E-state index is 14.6. The van der Waals surface area contributed by atoms with E-state index in [4.69, 9.17) is 4.74 Å². The van der Waals surface area contributed by atoms with Gasteiger partial charge in [0.2, 0.25) is 0 Å². The van der Waals surface area contributed by atoms with E-state index in [0.29, 0.717) is 58.1 Å². The van der Waals surface area contributed by atoms with Gasteiger partial charge in [0.1, 0.15) is 0 Å². The molecule has 0 saturated heterocycles. The average Bonchev–Trinajstić information content (AvgIpc) is 3.67. The van der Waals surface area contributed by atoms with Crippen LogP contribution in [-0.2, 0) is 11.0 Å². The molecule has 0 spiro atoms. The maximum absolute atomic E-state index is 14.6. The first-order valence-electron chi connectivity index (χ1n) is 14.8. The summed E-state index contributed by atoms with van der Waals surface area (Å²) < 4.78 is 32.4. The Morgan fingerprint density at radius 1 is 1.12 bits per heavy atom. The number of halogens is 1. The zero-order valence-electron chi connectivity index (χ0n) is 26.4. The zero-order chi connectivity index (χ0) is 34.0. The van der Waals surface area contributed by atoms with E-state index in [1.54, 1.807) is 17.0 Å². The summed E-state index contributed by atoms with van der Waals surface area (Å²) in [4.78, 5) is 25.4. The topological polar surface area (TPSA) is 134 Å². The van der Waals surface area contributed by atoms with Crippen molar-refractivity contribution in [2.45, 2.75) is 26.2 Å². The summed E-state index contributed by atoms with van der Waals surface area (Å²) in [6.45, 7) is 2.90. The molecule has 0 fully saturated rings. The summed E-state index contributed by atoms with van der Waals surface area (Å²) in [5.74, 6) is 5.28. The molecule has 0 radical (unpaired) electrons. The molecule has 3 aromatic heterocycles. The molecule has 0 aliphatic heterocycles. The molecule has 15 heteroatoms. The number of carbonyl (C=O) groups is 1. The van der Waals surface area contributed by atoms with E-state index in [0.717, 1.165) is 15.8 Å². The van der Waals surface area contributed by atoms with Gasteiger partial charge in [0, 0.05) is 5.56 Å². The standard InChI is InChI=1S/C33H31FN7O4PS2/c1-21-19-28(38-39-30(21)37-32-35-24-10-4-5-11-26(24)47-32)41(16-8-18-46-44)33-36-29(31(42)43)27(48-33)12-7-17-45-25-14-13-22(20-23(25)34)9-6-15-40(2)3/h4-5,10-11,13-14,19-20H,7-8,12,15-17H2,1-3H3,(H,42,43)(H,35,37,39). The van der Waals surface area contributed by atoms with E-state index in [9.17, 15) is 18.9 Å². The van der Waals surface area contributed by atoms with Crippen molar-refractivity contribution in [1.82, 2.24) is 25.1 Å². The van der Waals surface area contributed by atoms with E-state index < -0.39 is 11.8 Å². The second-order valence-corrected chi connectivity index (χ2v) is 13.3. The van der Waals surface area contributed by atoms with Gasteiger partial charge >= 0.3 is 191 Å². The Morgan fingerprint density at radius 2 is 1.96 bits per heavy atom. The molecular formula is C33H31FN7O4PS2. The molecule has 0 atom stereocenters. The molecule has 5 rings (SSSR count). The number of ether oxygens (including phenoxy) is 1. The molecule has 5 aromatic rings. The van der Waals surface area contributed by atoms with E-state index in [1.807, 2.05) is 56.3 Å². The van der Waals surface area contributed by atoms with Gasteiger partial charge in [-0.3, -0.25) is 4.90 Å². The first-order valence-corrected chi connectivity index (χ1v) is 17.2. The monoisotopic (exact) mass is 703 g/mol. The third kappa shape index (κ3) is 9.04. The molecule has 3 heterocycles. The zero-order valence-corrected chi connectivity index (χ0v) is 28.9. The van der Waals surface area contributed by atoms with E-state index >= 15 is 0 Å². The van der Waals surface area contributed by atoms with Crippen LogP contribution in [-0.4, -0.2) is 69.9 Å². The number of benzene rings is 2. The molecule has 0 amide bonds. The fraction of sp³-hybridized carbons (Fsp3) is 0.273. The number of aryl methyl sites for hydroxylation is 2. The number of nitrogens with zero attached hydrogens (tertiary/aromatic N) is 6. The number of hydrogen-bond acceptors (Lipinski definition) is 12. The van der Waals surface area contributed by atoms with Crippen molar-refractivity contribution in [2.24, 2.45) is 0 Å². The predicted octanol–water partition coefficient (Wildman–Crippen LogP) is 7.14. The number of carboxylic acid groups (broad SMARTS) is 1. The fourth-order valence-corrected chi connectivity index (χ4v) is 6.66. The van der Waals surface area contributed by atoms with Gasteiger partial charge in [0.15, 0.2) is 5.82 Å². The minimum atomic E-state index is -1.17. The van der Waals surface area contributed by atoms with E-state index in [1.165, 1.54) is 28.7 Å². The molecule has 2 N–H and O–H groups in total. The Kier molecular flexibility index (Phi) is 11.9. The van der Waals surface area contributed by atoms with Gasteiger partial charge in [0.05, 0.1) is 6.54 Å². The molecule has 48 heavy (non-hydrogen) atoms. The summed E-state index contributed by atoms with van der Waals surface area (Å²) in [6, 6.07) is 14.2. The Balaban J connectivity index is 1.29. The van der Waals surface area contributed by atoms with Crippen LogP contribution < -0.4 is 15.0 Å². The van der Waals surface area contributed by atoms with Crippen molar-refractivity contribution in [2.75, 3.05) is 44.0 Å². The molecule has 246 valence electrons. The van der Waals surface area contributed by atoms with E-state index in [-0.39, 0.29) is 32.5 Å². The molecule has 11 nitrogen and oxygen atoms in total. The summed E-state index contributed by atoms with van der Waals surface area (Å²) in [6.07, 6.45) is 1.07. The fourth-order valence-electron chi connectivity index (χ4n) is 4.47. The van der Waals surface area contributed by atoms with Gasteiger partial charge < -0.3 is 0 Å². The summed E-state index contributed by atoms with van der Waals surface area (Å²) >= 11 is 2.71. The first kappa shape index (κ1) is 34.7. The Morgan fingerprint density at radius 3 is 2.69 bits per heavy atom. The molecular weight excluding hydrogens is 673 g/mol. The SMILES string of the molecule is Cc1cc(N(CCC#P=O)c2nc(C(=O)O)c(CCCOc3ccc(C#CCN(C)C)cc3F)s2)nnc1Nc1nc2ccccc2s1. The number of fused-ring (bicyclic) bond motifs is 1. The van der Waals surface area contributed by atoms with Crippen LogP contribution in [0.3, 0.4) is 0 Å². The van der Waals surface area contributed by atoms with Crippen molar-refractivity contribution >= 4 is 68.7 Å². The number of aromatic nitrogens is 4. The van der Waals surface area contributed by atoms with Gasteiger partial charge in [-0.2, -0.15) is 0 Å². The third-order valence-corrected chi connectivity index (χ3v) is 9.21. The van der Waals surface area contributed by atoms with Crippen molar-refractivity contribution < 1.29 is 23.6 Å². The van der Waals surface area contributed by atoms with Crippen LogP contribution >= 0.6 is 30.6 Å². The van der Waals surface area contributed by atoms with Crippen LogP contribution in [0.4, 0.5) is 26.3 Å². The Bertz CT molecular complexity index is 2070. The number of carboxylic acids is 1. The third-order valence-electron chi connectivity index (χ3n) is 6.76. The minimum absolute atomic E-state index is 0.0828. The van der Waals surface area contributed by atoms with Gasteiger partial charge in [-0.15, -0.1) is 0 Å². The number of nitrogens with one attached hydrogen (secondary N) is 1.